The van der Waals surface area contributed by atoms with Crippen molar-refractivity contribution in [2.45, 2.75) is 51.4 Å². The van der Waals surface area contributed by atoms with E-state index >= 15 is 0 Å². The van der Waals surface area contributed by atoms with E-state index in [4.69, 9.17) is 11.1 Å². The predicted molar refractivity (Wildman–Crippen MR) is 93.1 cm³/mol. The third-order valence-corrected chi connectivity index (χ3v) is 4.80. The topological polar surface area (TPSA) is 116 Å². The first-order chi connectivity index (χ1) is 11.4. The Morgan fingerprint density at radius 1 is 1.17 bits per heavy atom. The minimum atomic E-state index is -0.780. The molecule has 0 aliphatic heterocycles. The molecule has 1 fully saturated rings. The van der Waals surface area contributed by atoms with Gasteiger partial charge in [0, 0.05) is 17.7 Å². The fraction of sp³-hybridized carbons (Fsp3) is 0.500. The van der Waals surface area contributed by atoms with Gasteiger partial charge in [-0.3, -0.25) is 15.0 Å². The number of carboxylic acid groups (broad SMARTS) is 1. The summed E-state index contributed by atoms with van der Waals surface area (Å²) in [7, 11) is 0. The summed E-state index contributed by atoms with van der Waals surface area (Å²) in [5.74, 6) is -0.904. The van der Waals surface area contributed by atoms with Crippen molar-refractivity contribution >= 4 is 23.4 Å². The molecule has 2 rings (SSSR count). The van der Waals surface area contributed by atoms with Crippen LogP contribution in [0.25, 0.3) is 0 Å². The number of benzene rings is 1. The fourth-order valence-corrected chi connectivity index (χ4v) is 3.47. The van der Waals surface area contributed by atoms with Gasteiger partial charge in [0.15, 0.2) is 0 Å². The SMILES string of the molecule is N=C(N)c1ccc(NC(=O)CCC2(CC(=O)O)CCCCC2)cc1. The second kappa shape index (κ2) is 7.95. The van der Waals surface area contributed by atoms with Crippen LogP contribution in [0.5, 0.6) is 0 Å². The summed E-state index contributed by atoms with van der Waals surface area (Å²) in [6.45, 7) is 0. The first-order valence-corrected chi connectivity index (χ1v) is 8.36. The second-order valence-electron chi connectivity index (χ2n) is 6.67. The number of hydrogen-bond donors (Lipinski definition) is 4. The van der Waals surface area contributed by atoms with Crippen molar-refractivity contribution in [2.75, 3.05) is 5.32 Å². The van der Waals surface area contributed by atoms with Crippen LogP contribution in [0.2, 0.25) is 0 Å². The zero-order valence-corrected chi connectivity index (χ0v) is 13.8. The van der Waals surface area contributed by atoms with Gasteiger partial charge in [-0.15, -0.1) is 0 Å². The smallest absolute Gasteiger partial charge is 0.303 e. The quantitative estimate of drug-likeness (QED) is 0.453. The maximum absolute atomic E-state index is 12.2. The van der Waals surface area contributed by atoms with Gasteiger partial charge >= 0.3 is 5.97 Å². The molecule has 6 nitrogen and oxygen atoms in total. The van der Waals surface area contributed by atoms with Crippen LogP contribution in [-0.4, -0.2) is 22.8 Å². The minimum Gasteiger partial charge on any atom is -0.481 e. The molecule has 5 N–H and O–H groups in total. The van der Waals surface area contributed by atoms with E-state index in [1.807, 2.05) is 0 Å². The zero-order chi connectivity index (χ0) is 17.6. The van der Waals surface area contributed by atoms with Crippen LogP contribution in [0.1, 0.15) is 56.9 Å². The van der Waals surface area contributed by atoms with Crippen LogP contribution in [0.3, 0.4) is 0 Å². The monoisotopic (exact) mass is 331 g/mol. The maximum Gasteiger partial charge on any atom is 0.303 e. The molecule has 1 aromatic rings. The lowest BCUT2D eigenvalue weighted by molar-refractivity contribution is -0.141. The number of rotatable bonds is 7. The van der Waals surface area contributed by atoms with E-state index in [0.29, 0.717) is 24.1 Å². The summed E-state index contributed by atoms with van der Waals surface area (Å²) in [4.78, 5) is 23.3. The predicted octanol–water partition coefficient (Wildman–Crippen LogP) is 3.11. The van der Waals surface area contributed by atoms with Crippen LogP contribution < -0.4 is 11.1 Å². The van der Waals surface area contributed by atoms with E-state index in [1.165, 1.54) is 0 Å². The second-order valence-corrected chi connectivity index (χ2v) is 6.67. The molecule has 24 heavy (non-hydrogen) atoms. The van der Waals surface area contributed by atoms with Crippen LogP contribution >= 0.6 is 0 Å². The Morgan fingerprint density at radius 3 is 2.33 bits per heavy atom. The number of carbonyl (C=O) groups excluding carboxylic acids is 1. The van der Waals surface area contributed by atoms with Gasteiger partial charge < -0.3 is 16.2 Å². The van der Waals surface area contributed by atoms with Gasteiger partial charge in [0.1, 0.15) is 5.84 Å². The molecule has 130 valence electrons. The molecule has 0 aromatic heterocycles. The first-order valence-electron chi connectivity index (χ1n) is 8.36. The highest BCUT2D eigenvalue weighted by molar-refractivity contribution is 5.96. The number of hydrogen-bond acceptors (Lipinski definition) is 3. The summed E-state index contributed by atoms with van der Waals surface area (Å²) in [5.41, 5.74) is 6.42. The highest BCUT2D eigenvalue weighted by atomic mass is 16.4. The van der Waals surface area contributed by atoms with Gasteiger partial charge in [-0.2, -0.15) is 0 Å². The van der Waals surface area contributed by atoms with Gasteiger partial charge in [-0.25, -0.2) is 0 Å². The van der Waals surface area contributed by atoms with Crippen LogP contribution in [-0.2, 0) is 9.59 Å². The molecule has 0 saturated heterocycles. The van der Waals surface area contributed by atoms with Crippen molar-refractivity contribution in [3.05, 3.63) is 29.8 Å². The van der Waals surface area contributed by atoms with E-state index in [0.717, 1.165) is 32.1 Å². The van der Waals surface area contributed by atoms with E-state index in [9.17, 15) is 14.7 Å². The molecule has 1 aliphatic carbocycles. The molecule has 0 heterocycles. The van der Waals surface area contributed by atoms with Gasteiger partial charge in [-0.05, 0) is 48.9 Å². The van der Waals surface area contributed by atoms with Crippen molar-refractivity contribution in [1.82, 2.24) is 0 Å². The lowest BCUT2D eigenvalue weighted by Crippen LogP contribution is -2.29. The van der Waals surface area contributed by atoms with Gasteiger partial charge in [0.25, 0.3) is 0 Å². The van der Waals surface area contributed by atoms with Crippen LogP contribution in [0.15, 0.2) is 24.3 Å². The third kappa shape index (κ3) is 5.08. The number of amidine groups is 1. The normalized spacial score (nSPS) is 16.3. The highest BCUT2D eigenvalue weighted by Crippen LogP contribution is 2.43. The van der Waals surface area contributed by atoms with Crippen molar-refractivity contribution in [3.8, 4) is 0 Å². The molecule has 6 heteroatoms. The number of nitrogen functional groups attached to an aromatic ring is 1. The summed E-state index contributed by atoms with van der Waals surface area (Å²) < 4.78 is 0. The summed E-state index contributed by atoms with van der Waals surface area (Å²) in [6, 6.07) is 6.79. The number of amides is 1. The molecule has 0 radical (unpaired) electrons. The lowest BCUT2D eigenvalue weighted by atomic mass is 9.69. The Kier molecular flexibility index (Phi) is 5.95. The number of anilines is 1. The van der Waals surface area contributed by atoms with Gasteiger partial charge in [0.05, 0.1) is 6.42 Å². The summed E-state index contributed by atoms with van der Waals surface area (Å²) in [5, 5.41) is 19.3. The van der Waals surface area contributed by atoms with Crippen molar-refractivity contribution in [1.29, 1.82) is 5.41 Å². The van der Waals surface area contributed by atoms with E-state index in [1.54, 1.807) is 24.3 Å². The standard InChI is InChI=1S/C18H25N3O3/c19-17(20)13-4-6-14(7-5-13)21-15(22)8-11-18(12-16(23)24)9-2-1-3-10-18/h4-7H,1-3,8-12H2,(H3,19,20)(H,21,22)(H,23,24). The van der Waals surface area contributed by atoms with Gasteiger partial charge in [0.2, 0.25) is 5.91 Å². The molecule has 1 aliphatic rings. The number of nitrogens with two attached hydrogens (primary N) is 1. The molecule has 1 saturated carbocycles. The molecule has 1 aromatic carbocycles. The Hall–Kier alpha value is -2.37. The highest BCUT2D eigenvalue weighted by Gasteiger charge is 2.34. The van der Waals surface area contributed by atoms with Crippen molar-refractivity contribution in [2.24, 2.45) is 11.1 Å². The van der Waals surface area contributed by atoms with Crippen LogP contribution in [0, 0.1) is 10.8 Å². The average molecular weight is 331 g/mol. The van der Waals surface area contributed by atoms with Crippen molar-refractivity contribution in [3.63, 3.8) is 0 Å². The summed E-state index contributed by atoms with van der Waals surface area (Å²) in [6.07, 6.45) is 6.09. The molecule has 0 spiro atoms. The Bertz CT molecular complexity index is 604. The van der Waals surface area contributed by atoms with Gasteiger partial charge in [-0.1, -0.05) is 19.3 Å². The fourth-order valence-electron chi connectivity index (χ4n) is 3.47. The number of nitrogens with one attached hydrogen (secondary N) is 2. The molecular weight excluding hydrogens is 306 g/mol. The Balaban J connectivity index is 1.90. The molecule has 0 bridgehead atoms. The molecule has 0 atom stereocenters. The number of aliphatic carboxylic acids is 1. The van der Waals surface area contributed by atoms with E-state index in [2.05, 4.69) is 5.32 Å². The number of carbonyl (C=O) groups is 2. The van der Waals surface area contributed by atoms with E-state index < -0.39 is 5.97 Å². The molecule has 0 unspecified atom stereocenters. The van der Waals surface area contributed by atoms with Crippen molar-refractivity contribution < 1.29 is 14.7 Å². The lowest BCUT2D eigenvalue weighted by Gasteiger charge is -2.36. The Morgan fingerprint density at radius 2 is 1.79 bits per heavy atom. The minimum absolute atomic E-state index is 0.0132. The Labute approximate surface area is 141 Å². The third-order valence-electron chi connectivity index (χ3n) is 4.80. The largest absolute Gasteiger partial charge is 0.481 e. The summed E-state index contributed by atoms with van der Waals surface area (Å²) >= 11 is 0. The zero-order valence-electron chi connectivity index (χ0n) is 13.8. The first kappa shape index (κ1) is 18.0. The average Bonchev–Trinajstić information content (AvgIpc) is 2.54. The van der Waals surface area contributed by atoms with E-state index in [-0.39, 0.29) is 23.6 Å². The molecular formula is C18H25N3O3. The molecule has 1 amide bonds. The number of carboxylic acids is 1. The maximum atomic E-state index is 12.2. The van der Waals surface area contributed by atoms with Crippen LogP contribution in [0.4, 0.5) is 5.69 Å².